The third-order valence-electron chi connectivity index (χ3n) is 5.83. The second kappa shape index (κ2) is 7.51. The Morgan fingerprint density at radius 2 is 1.97 bits per heavy atom. The zero-order valence-electron chi connectivity index (χ0n) is 17.0. The fourth-order valence-electron chi connectivity index (χ4n) is 4.17. The second-order valence-electron chi connectivity index (χ2n) is 7.95. The number of fused-ring (bicyclic) bond motifs is 2. The Labute approximate surface area is 176 Å². The number of rotatable bonds is 5. The summed E-state index contributed by atoms with van der Waals surface area (Å²) in [7, 11) is 0. The minimum absolute atomic E-state index is 0.0600. The lowest BCUT2D eigenvalue weighted by molar-refractivity contribution is -0.0361. The highest BCUT2D eigenvalue weighted by molar-refractivity contribution is 5.82. The van der Waals surface area contributed by atoms with Crippen molar-refractivity contribution in [3.05, 3.63) is 36.4 Å². The predicted molar refractivity (Wildman–Crippen MR) is 111 cm³/mol. The van der Waals surface area contributed by atoms with Crippen molar-refractivity contribution < 1.29 is 13.2 Å². The minimum Gasteiger partial charge on any atom is -0.350 e. The average Bonchev–Trinajstić information content (AvgIpc) is 3.30. The molecule has 7 nitrogen and oxygen atoms in total. The zero-order chi connectivity index (χ0) is 21.6. The van der Waals surface area contributed by atoms with Gasteiger partial charge in [0.1, 0.15) is 18.0 Å². The number of nitrogens with one attached hydrogen (secondary N) is 1. The highest BCUT2D eigenvalue weighted by atomic mass is 19.3. The topological polar surface area (TPSA) is 72.9 Å². The third-order valence-corrected chi connectivity index (χ3v) is 5.83. The van der Waals surface area contributed by atoms with Crippen molar-refractivity contribution in [1.29, 1.82) is 0 Å². The van der Waals surface area contributed by atoms with Gasteiger partial charge in [0.05, 0.1) is 24.0 Å². The fourth-order valence-corrected chi connectivity index (χ4v) is 4.17. The van der Waals surface area contributed by atoms with Gasteiger partial charge in [0.2, 0.25) is 11.9 Å². The maximum Gasteiger partial charge on any atom is 0.248 e. The van der Waals surface area contributed by atoms with Gasteiger partial charge in [0, 0.05) is 30.6 Å². The van der Waals surface area contributed by atoms with E-state index in [4.69, 9.17) is 4.98 Å². The number of hydrogen-bond acceptors (Lipinski definition) is 5. The summed E-state index contributed by atoms with van der Waals surface area (Å²) < 4.78 is 43.1. The first-order chi connectivity index (χ1) is 14.9. The standard InChI is InChI=1S/C21H22F3N7/c1-13-26-17-3-2-16(28-19(17)30(13)11-9-22)15-6-10-31-18(15)12-25-20(29-31)27-14-4-7-21(23,24)8-5-14/h2-3,6,10,12,14H,4-5,7-9,11H2,1H3,(H,27,29). The van der Waals surface area contributed by atoms with E-state index in [0.717, 1.165) is 22.4 Å². The first-order valence-electron chi connectivity index (χ1n) is 10.3. The van der Waals surface area contributed by atoms with Gasteiger partial charge in [-0.05, 0) is 38.0 Å². The van der Waals surface area contributed by atoms with Crippen LogP contribution < -0.4 is 5.32 Å². The Kier molecular flexibility index (Phi) is 4.79. The molecule has 0 atom stereocenters. The predicted octanol–water partition coefficient (Wildman–Crippen LogP) is 4.41. The number of aryl methyl sites for hydroxylation is 2. The molecule has 0 amide bonds. The van der Waals surface area contributed by atoms with Gasteiger partial charge in [0.15, 0.2) is 5.65 Å². The summed E-state index contributed by atoms with van der Waals surface area (Å²) in [5.74, 6) is -1.44. The molecule has 1 N–H and O–H groups in total. The molecule has 0 spiro atoms. The van der Waals surface area contributed by atoms with Gasteiger partial charge in [0.25, 0.3) is 0 Å². The summed E-state index contributed by atoms with van der Waals surface area (Å²) in [5.41, 5.74) is 3.69. The number of hydrogen-bond donors (Lipinski definition) is 1. The first kappa shape index (κ1) is 19.8. The van der Waals surface area contributed by atoms with Crippen LogP contribution in [-0.2, 0) is 6.54 Å². The molecule has 0 aliphatic heterocycles. The molecule has 0 bridgehead atoms. The summed E-state index contributed by atoms with van der Waals surface area (Å²) in [5, 5.41) is 7.65. The molecular weight excluding hydrogens is 407 g/mol. The van der Waals surface area contributed by atoms with Gasteiger partial charge < -0.3 is 9.88 Å². The van der Waals surface area contributed by atoms with Crippen LogP contribution >= 0.6 is 0 Å². The molecule has 1 aliphatic carbocycles. The van der Waals surface area contributed by atoms with Crippen LogP contribution in [0, 0.1) is 6.92 Å². The quantitative estimate of drug-likeness (QED) is 0.509. The molecule has 0 saturated heterocycles. The molecule has 0 unspecified atom stereocenters. The Morgan fingerprint density at radius 3 is 2.74 bits per heavy atom. The van der Waals surface area contributed by atoms with Crippen molar-refractivity contribution in [2.75, 3.05) is 12.0 Å². The van der Waals surface area contributed by atoms with Gasteiger partial charge >= 0.3 is 0 Å². The Hall–Kier alpha value is -3.17. The Bertz CT molecular complexity index is 1240. The van der Waals surface area contributed by atoms with Crippen LogP contribution in [0.3, 0.4) is 0 Å². The SMILES string of the molecule is Cc1nc2ccc(-c3ccn4nc(NC5CCC(F)(F)CC5)ncc34)nc2n1CCF. The molecule has 1 fully saturated rings. The Morgan fingerprint density at radius 1 is 1.16 bits per heavy atom. The van der Waals surface area contributed by atoms with E-state index in [1.807, 2.05) is 31.3 Å². The van der Waals surface area contributed by atoms with E-state index in [1.54, 1.807) is 15.3 Å². The molecule has 4 heterocycles. The molecule has 1 saturated carbocycles. The van der Waals surface area contributed by atoms with Crippen LogP contribution in [0.15, 0.2) is 30.6 Å². The van der Waals surface area contributed by atoms with Crippen LogP contribution in [0.4, 0.5) is 19.1 Å². The van der Waals surface area contributed by atoms with Gasteiger partial charge in [-0.3, -0.25) is 0 Å². The number of alkyl halides is 3. The summed E-state index contributed by atoms with van der Waals surface area (Å²) in [6, 6.07) is 5.58. The van der Waals surface area contributed by atoms with Crippen molar-refractivity contribution in [2.24, 2.45) is 0 Å². The molecule has 10 heteroatoms. The van der Waals surface area contributed by atoms with Crippen molar-refractivity contribution in [3.8, 4) is 11.3 Å². The van der Waals surface area contributed by atoms with Gasteiger partial charge in [-0.1, -0.05) is 0 Å². The molecule has 1 aliphatic rings. The number of pyridine rings is 1. The van der Waals surface area contributed by atoms with Crippen molar-refractivity contribution in [2.45, 2.75) is 51.1 Å². The monoisotopic (exact) mass is 429 g/mol. The molecule has 162 valence electrons. The van der Waals surface area contributed by atoms with E-state index >= 15 is 0 Å². The fraction of sp³-hybridized carbons (Fsp3) is 0.429. The summed E-state index contributed by atoms with van der Waals surface area (Å²) >= 11 is 0. The van der Waals surface area contributed by atoms with E-state index in [9.17, 15) is 13.2 Å². The molecule has 31 heavy (non-hydrogen) atoms. The molecule has 4 aromatic rings. The highest BCUT2D eigenvalue weighted by Crippen LogP contribution is 2.34. The smallest absolute Gasteiger partial charge is 0.248 e. The zero-order valence-corrected chi connectivity index (χ0v) is 17.0. The van der Waals surface area contributed by atoms with Crippen LogP contribution in [0.1, 0.15) is 31.5 Å². The summed E-state index contributed by atoms with van der Waals surface area (Å²) in [6.07, 6.45) is 4.05. The first-order valence-corrected chi connectivity index (χ1v) is 10.3. The van der Waals surface area contributed by atoms with E-state index in [1.165, 1.54) is 0 Å². The third kappa shape index (κ3) is 3.70. The van der Waals surface area contributed by atoms with Crippen molar-refractivity contribution in [3.63, 3.8) is 0 Å². The summed E-state index contributed by atoms with van der Waals surface area (Å²) in [4.78, 5) is 13.5. The van der Waals surface area contributed by atoms with Crippen LogP contribution in [0.2, 0.25) is 0 Å². The van der Waals surface area contributed by atoms with Crippen molar-refractivity contribution >= 4 is 22.6 Å². The minimum atomic E-state index is -2.56. The highest BCUT2D eigenvalue weighted by Gasteiger charge is 2.35. The van der Waals surface area contributed by atoms with Gasteiger partial charge in [-0.25, -0.2) is 32.6 Å². The number of aromatic nitrogens is 6. The number of imidazole rings is 1. The van der Waals surface area contributed by atoms with Crippen LogP contribution in [0.5, 0.6) is 0 Å². The normalized spacial score (nSPS) is 16.9. The molecular formula is C21H22F3N7. The molecule has 4 aromatic heterocycles. The second-order valence-corrected chi connectivity index (χ2v) is 7.95. The van der Waals surface area contributed by atoms with E-state index in [2.05, 4.69) is 20.4 Å². The van der Waals surface area contributed by atoms with E-state index < -0.39 is 12.6 Å². The molecule has 0 radical (unpaired) electrons. The lowest BCUT2D eigenvalue weighted by Crippen LogP contribution is -2.32. The number of anilines is 1. The van der Waals surface area contributed by atoms with Crippen molar-refractivity contribution in [1.82, 2.24) is 29.1 Å². The van der Waals surface area contributed by atoms with E-state index in [-0.39, 0.29) is 25.4 Å². The van der Waals surface area contributed by atoms with E-state index in [0.29, 0.717) is 30.1 Å². The number of nitrogens with zero attached hydrogens (tertiary/aromatic N) is 6. The molecule has 0 aromatic carbocycles. The summed E-state index contributed by atoms with van der Waals surface area (Å²) in [6.45, 7) is 1.55. The maximum absolute atomic E-state index is 13.4. The lowest BCUT2D eigenvalue weighted by atomic mass is 9.92. The largest absolute Gasteiger partial charge is 0.350 e. The maximum atomic E-state index is 13.4. The lowest BCUT2D eigenvalue weighted by Gasteiger charge is -2.28. The van der Waals surface area contributed by atoms with Gasteiger partial charge in [-0.2, -0.15) is 0 Å². The van der Waals surface area contributed by atoms with Gasteiger partial charge in [-0.15, -0.1) is 5.10 Å². The van der Waals surface area contributed by atoms with Crippen LogP contribution in [0.25, 0.3) is 27.9 Å². The number of halogens is 3. The molecule has 5 rings (SSSR count). The van der Waals surface area contributed by atoms with Crippen LogP contribution in [-0.4, -0.2) is 47.8 Å². The Balaban J connectivity index is 1.43. The average molecular weight is 429 g/mol.